The first-order valence-electron chi connectivity index (χ1n) is 15.8. The molecule has 0 bridgehead atoms. The van der Waals surface area contributed by atoms with Gasteiger partial charge in [0.05, 0.1) is 11.4 Å². The highest BCUT2D eigenvalue weighted by molar-refractivity contribution is 5.76. The van der Waals surface area contributed by atoms with Crippen molar-refractivity contribution < 1.29 is 0 Å². The molecule has 0 spiro atoms. The quantitative estimate of drug-likeness (QED) is 0.178. The minimum atomic E-state index is 0.621. The van der Waals surface area contributed by atoms with Crippen molar-refractivity contribution in [1.29, 1.82) is 0 Å². The fraction of sp³-hybridized carbons (Fsp3) is 0. The van der Waals surface area contributed by atoms with E-state index in [2.05, 4.69) is 108 Å². The second-order valence-corrected chi connectivity index (χ2v) is 11.4. The summed E-state index contributed by atoms with van der Waals surface area (Å²) in [6, 6.07) is 55.6. The molecular formula is C43H29N5. The zero-order chi connectivity index (χ0) is 32.1. The molecule has 0 aliphatic carbocycles. The first-order valence-corrected chi connectivity index (χ1v) is 15.8. The van der Waals surface area contributed by atoms with E-state index < -0.39 is 0 Å². The number of aromatic nitrogens is 5. The largest absolute Gasteiger partial charge is 0.256 e. The third kappa shape index (κ3) is 6.13. The van der Waals surface area contributed by atoms with Gasteiger partial charge in [-0.2, -0.15) is 0 Å². The van der Waals surface area contributed by atoms with Gasteiger partial charge in [0.1, 0.15) is 0 Å². The number of benzene rings is 5. The minimum absolute atomic E-state index is 0.621. The van der Waals surface area contributed by atoms with E-state index in [0.29, 0.717) is 17.5 Å². The Morgan fingerprint density at radius 2 is 0.729 bits per heavy atom. The van der Waals surface area contributed by atoms with Crippen molar-refractivity contribution in [2.75, 3.05) is 0 Å². The summed E-state index contributed by atoms with van der Waals surface area (Å²) in [4.78, 5) is 24.1. The van der Waals surface area contributed by atoms with Gasteiger partial charge in [-0.15, -0.1) is 0 Å². The van der Waals surface area contributed by atoms with Crippen LogP contribution in [-0.4, -0.2) is 24.9 Å². The Hall–Kier alpha value is -6.59. The molecule has 0 radical (unpaired) electrons. The van der Waals surface area contributed by atoms with Crippen LogP contribution in [0.25, 0.3) is 78.9 Å². The fourth-order valence-electron chi connectivity index (χ4n) is 5.74. The van der Waals surface area contributed by atoms with E-state index in [1.807, 2.05) is 66.9 Å². The molecule has 0 aliphatic heterocycles. The van der Waals surface area contributed by atoms with Gasteiger partial charge in [0.15, 0.2) is 17.5 Å². The normalized spacial score (nSPS) is 10.9. The van der Waals surface area contributed by atoms with E-state index in [9.17, 15) is 0 Å². The van der Waals surface area contributed by atoms with Crippen molar-refractivity contribution in [3.8, 4) is 78.9 Å². The predicted molar refractivity (Wildman–Crippen MR) is 193 cm³/mol. The summed E-state index contributed by atoms with van der Waals surface area (Å²) in [6.07, 6.45) is 3.67. The maximum atomic E-state index is 5.00. The van der Waals surface area contributed by atoms with Crippen LogP contribution in [0, 0.1) is 0 Å². The molecule has 0 unspecified atom stereocenters. The molecule has 3 aromatic heterocycles. The molecule has 3 heterocycles. The number of pyridine rings is 2. The van der Waals surface area contributed by atoms with Gasteiger partial charge in [-0.1, -0.05) is 127 Å². The van der Waals surface area contributed by atoms with E-state index >= 15 is 0 Å². The highest BCUT2D eigenvalue weighted by Gasteiger charge is 2.14. The predicted octanol–water partition coefficient (Wildman–Crippen LogP) is 10.3. The van der Waals surface area contributed by atoms with Crippen LogP contribution in [0.15, 0.2) is 176 Å². The number of hydrogen-bond donors (Lipinski definition) is 0. The van der Waals surface area contributed by atoms with E-state index in [4.69, 9.17) is 19.9 Å². The van der Waals surface area contributed by atoms with Gasteiger partial charge in [-0.25, -0.2) is 15.0 Å². The van der Waals surface area contributed by atoms with Crippen molar-refractivity contribution in [1.82, 2.24) is 24.9 Å². The van der Waals surface area contributed by atoms with Crippen molar-refractivity contribution in [3.05, 3.63) is 176 Å². The Morgan fingerprint density at radius 1 is 0.271 bits per heavy atom. The van der Waals surface area contributed by atoms with Crippen LogP contribution in [0.5, 0.6) is 0 Å². The monoisotopic (exact) mass is 615 g/mol. The lowest BCUT2D eigenvalue weighted by Gasteiger charge is -2.11. The molecule has 5 nitrogen and oxygen atoms in total. The van der Waals surface area contributed by atoms with Crippen LogP contribution in [0.2, 0.25) is 0 Å². The highest BCUT2D eigenvalue weighted by Crippen LogP contribution is 2.31. The zero-order valence-corrected chi connectivity index (χ0v) is 26.0. The molecule has 0 amide bonds. The van der Waals surface area contributed by atoms with Crippen LogP contribution in [0.1, 0.15) is 0 Å². The number of nitrogens with zero attached hydrogens (tertiary/aromatic N) is 5. The lowest BCUT2D eigenvalue weighted by molar-refractivity contribution is 1.07. The second-order valence-electron chi connectivity index (χ2n) is 11.4. The summed E-state index contributed by atoms with van der Waals surface area (Å²) in [5.74, 6) is 1.89. The molecule has 5 heteroatoms. The first-order chi connectivity index (χ1) is 23.8. The van der Waals surface area contributed by atoms with Crippen LogP contribution in [0.3, 0.4) is 0 Å². The topological polar surface area (TPSA) is 64.5 Å². The van der Waals surface area contributed by atoms with Crippen LogP contribution in [0.4, 0.5) is 0 Å². The van der Waals surface area contributed by atoms with Crippen molar-refractivity contribution in [3.63, 3.8) is 0 Å². The van der Waals surface area contributed by atoms with Crippen molar-refractivity contribution in [2.45, 2.75) is 0 Å². The smallest absolute Gasteiger partial charge is 0.164 e. The van der Waals surface area contributed by atoms with Gasteiger partial charge in [0.25, 0.3) is 0 Å². The Bertz CT molecular complexity index is 2300. The summed E-state index contributed by atoms with van der Waals surface area (Å²) < 4.78 is 0. The molecule has 0 saturated heterocycles. The number of hydrogen-bond acceptors (Lipinski definition) is 5. The fourth-order valence-corrected chi connectivity index (χ4v) is 5.74. The zero-order valence-electron chi connectivity index (χ0n) is 26.0. The lowest BCUT2D eigenvalue weighted by Crippen LogP contribution is -2.00. The third-order valence-electron chi connectivity index (χ3n) is 8.25. The lowest BCUT2D eigenvalue weighted by atomic mass is 9.99. The number of rotatable bonds is 7. The molecule has 0 aliphatic rings. The van der Waals surface area contributed by atoms with Gasteiger partial charge < -0.3 is 0 Å². The van der Waals surface area contributed by atoms with Gasteiger partial charge in [0.2, 0.25) is 0 Å². The standard InChI is InChI=1S/C43H29N5/c1-3-11-30(12-4-1)31-20-22-33(23-21-31)42-46-41(32-13-5-2-6-14-32)47-43(48-42)37-18-10-16-35(28-37)34-15-9-17-36(27-34)40-25-24-38(29-45-40)39-19-7-8-26-44-39/h1-29H. The van der Waals surface area contributed by atoms with Gasteiger partial charge in [-0.05, 0) is 58.7 Å². The summed E-state index contributed by atoms with van der Waals surface area (Å²) in [6.45, 7) is 0. The Balaban J connectivity index is 1.14. The molecule has 5 aromatic carbocycles. The Morgan fingerprint density at radius 3 is 1.35 bits per heavy atom. The van der Waals surface area contributed by atoms with Crippen LogP contribution in [-0.2, 0) is 0 Å². The second kappa shape index (κ2) is 13.0. The van der Waals surface area contributed by atoms with E-state index in [0.717, 1.165) is 55.9 Å². The minimum Gasteiger partial charge on any atom is -0.256 e. The van der Waals surface area contributed by atoms with Crippen molar-refractivity contribution in [2.24, 2.45) is 0 Å². The van der Waals surface area contributed by atoms with E-state index in [1.54, 1.807) is 6.20 Å². The van der Waals surface area contributed by atoms with E-state index in [1.165, 1.54) is 5.56 Å². The summed E-state index contributed by atoms with van der Waals surface area (Å²) >= 11 is 0. The highest BCUT2D eigenvalue weighted by atomic mass is 15.0. The molecule has 0 N–H and O–H groups in total. The molecule has 0 fully saturated rings. The maximum Gasteiger partial charge on any atom is 0.164 e. The first kappa shape index (κ1) is 28.9. The summed E-state index contributed by atoms with van der Waals surface area (Å²) in [5, 5.41) is 0. The maximum absolute atomic E-state index is 5.00. The SMILES string of the molecule is c1ccc(-c2ccc(-c3nc(-c4ccccc4)nc(-c4cccc(-c5cccc(-c6ccc(-c7ccccn7)cn6)c5)c4)n3)cc2)cc1. The molecule has 0 atom stereocenters. The molecule has 8 aromatic rings. The Kier molecular flexibility index (Phi) is 7.83. The molecule has 48 heavy (non-hydrogen) atoms. The average Bonchev–Trinajstić information content (AvgIpc) is 3.19. The van der Waals surface area contributed by atoms with Crippen LogP contribution >= 0.6 is 0 Å². The Labute approximate surface area is 279 Å². The van der Waals surface area contributed by atoms with Gasteiger partial charge in [0, 0.05) is 40.2 Å². The molecule has 8 rings (SSSR count). The molecular weight excluding hydrogens is 587 g/mol. The molecule has 226 valence electrons. The summed E-state index contributed by atoms with van der Waals surface area (Å²) in [5.41, 5.74) is 11.1. The summed E-state index contributed by atoms with van der Waals surface area (Å²) in [7, 11) is 0. The van der Waals surface area contributed by atoms with Gasteiger partial charge >= 0.3 is 0 Å². The third-order valence-corrected chi connectivity index (χ3v) is 8.25. The average molecular weight is 616 g/mol. The molecule has 0 saturated carbocycles. The van der Waals surface area contributed by atoms with E-state index in [-0.39, 0.29) is 0 Å². The van der Waals surface area contributed by atoms with Gasteiger partial charge in [-0.3, -0.25) is 9.97 Å². The van der Waals surface area contributed by atoms with Crippen LogP contribution < -0.4 is 0 Å². The van der Waals surface area contributed by atoms with Crippen molar-refractivity contribution >= 4 is 0 Å².